The zero-order chi connectivity index (χ0) is 21.7. The Hall–Kier alpha value is -2.82. The highest BCUT2D eigenvalue weighted by Crippen LogP contribution is 2.35. The lowest BCUT2D eigenvalue weighted by Crippen LogP contribution is -2.35. The van der Waals surface area contributed by atoms with E-state index in [9.17, 15) is 9.59 Å². The molecule has 5 heteroatoms. The van der Waals surface area contributed by atoms with Crippen molar-refractivity contribution in [2.45, 2.75) is 59.0 Å². The summed E-state index contributed by atoms with van der Waals surface area (Å²) in [6.45, 7) is 8.86. The molecule has 2 unspecified atom stereocenters. The predicted octanol–water partition coefficient (Wildman–Crippen LogP) is 4.63. The fraction of sp³-hybridized carbons (Fsp3) is 0.440. The van der Waals surface area contributed by atoms with Crippen molar-refractivity contribution in [3.8, 4) is 5.75 Å². The van der Waals surface area contributed by atoms with Gasteiger partial charge in [-0.15, -0.1) is 0 Å². The van der Waals surface area contributed by atoms with Crippen LogP contribution in [0.25, 0.3) is 0 Å². The number of nitrogens with zero attached hydrogens (tertiary/aromatic N) is 1. The lowest BCUT2D eigenvalue weighted by molar-refractivity contribution is -0.133. The Balaban J connectivity index is 1.84. The summed E-state index contributed by atoms with van der Waals surface area (Å²) >= 11 is 0. The van der Waals surface area contributed by atoms with Gasteiger partial charge in [-0.05, 0) is 45.2 Å². The average molecular weight is 409 g/mol. The number of likely N-dealkylation sites (tertiary alicyclic amines) is 1. The lowest BCUT2D eigenvalue weighted by Gasteiger charge is -2.28. The number of amides is 2. The predicted molar refractivity (Wildman–Crippen MR) is 118 cm³/mol. The highest BCUT2D eigenvalue weighted by Gasteiger charge is 2.32. The number of carbonyl (C=O) groups is 2. The molecule has 1 aliphatic heterocycles. The van der Waals surface area contributed by atoms with Gasteiger partial charge in [0, 0.05) is 19.0 Å². The minimum Gasteiger partial charge on any atom is -0.494 e. The number of carbonyl (C=O) groups excluding carboxylic acids is 2. The van der Waals surface area contributed by atoms with E-state index in [0.717, 1.165) is 24.9 Å². The van der Waals surface area contributed by atoms with E-state index in [4.69, 9.17) is 4.74 Å². The van der Waals surface area contributed by atoms with E-state index < -0.39 is 6.04 Å². The van der Waals surface area contributed by atoms with Gasteiger partial charge in [-0.2, -0.15) is 0 Å². The maximum Gasteiger partial charge on any atom is 0.225 e. The van der Waals surface area contributed by atoms with Crippen molar-refractivity contribution in [3.63, 3.8) is 0 Å². The maximum atomic E-state index is 13.4. The van der Waals surface area contributed by atoms with E-state index >= 15 is 0 Å². The van der Waals surface area contributed by atoms with Crippen molar-refractivity contribution in [2.24, 2.45) is 0 Å². The third-order valence-electron chi connectivity index (χ3n) is 5.55. The van der Waals surface area contributed by atoms with Crippen LogP contribution in [0.1, 0.15) is 67.4 Å². The largest absolute Gasteiger partial charge is 0.494 e. The van der Waals surface area contributed by atoms with E-state index in [-0.39, 0.29) is 24.3 Å². The van der Waals surface area contributed by atoms with Crippen LogP contribution < -0.4 is 10.1 Å². The van der Waals surface area contributed by atoms with Gasteiger partial charge in [0.1, 0.15) is 5.75 Å². The van der Waals surface area contributed by atoms with E-state index in [0.29, 0.717) is 12.4 Å². The topological polar surface area (TPSA) is 58.6 Å². The Morgan fingerprint density at radius 3 is 2.53 bits per heavy atom. The third kappa shape index (κ3) is 5.21. The van der Waals surface area contributed by atoms with Crippen molar-refractivity contribution < 1.29 is 14.3 Å². The molecule has 0 saturated carbocycles. The van der Waals surface area contributed by atoms with Gasteiger partial charge in [-0.25, -0.2) is 0 Å². The van der Waals surface area contributed by atoms with Gasteiger partial charge in [-0.1, -0.05) is 47.5 Å². The summed E-state index contributed by atoms with van der Waals surface area (Å²) in [6, 6.07) is 13.8. The monoisotopic (exact) mass is 408 g/mol. The normalized spacial score (nSPS) is 16.9. The van der Waals surface area contributed by atoms with Crippen molar-refractivity contribution >= 4 is 11.8 Å². The second-order valence-corrected chi connectivity index (χ2v) is 8.09. The van der Waals surface area contributed by atoms with Crippen molar-refractivity contribution in [2.75, 3.05) is 13.2 Å². The first-order valence-corrected chi connectivity index (χ1v) is 10.8. The van der Waals surface area contributed by atoms with Crippen LogP contribution in [0.5, 0.6) is 5.75 Å². The summed E-state index contributed by atoms with van der Waals surface area (Å²) in [7, 11) is 0. The molecule has 1 N–H and O–H groups in total. The number of nitrogens with one attached hydrogen (secondary N) is 1. The fourth-order valence-electron chi connectivity index (χ4n) is 4.45. The minimum absolute atomic E-state index is 0.0571. The Bertz CT molecular complexity index is 889. The molecule has 2 amide bonds. The molecule has 1 fully saturated rings. The van der Waals surface area contributed by atoms with E-state index in [2.05, 4.69) is 37.4 Å². The Morgan fingerprint density at radius 2 is 1.87 bits per heavy atom. The summed E-state index contributed by atoms with van der Waals surface area (Å²) in [6.07, 6.45) is 2.17. The van der Waals surface area contributed by atoms with Gasteiger partial charge >= 0.3 is 0 Å². The highest BCUT2D eigenvalue weighted by atomic mass is 16.5. The molecule has 2 aromatic rings. The molecule has 2 atom stereocenters. The van der Waals surface area contributed by atoms with Crippen LogP contribution in [0.3, 0.4) is 0 Å². The number of aryl methyl sites for hydroxylation is 2. The number of ether oxygens (including phenoxy) is 1. The number of rotatable bonds is 7. The number of benzene rings is 2. The van der Waals surface area contributed by atoms with E-state index in [1.807, 2.05) is 36.1 Å². The molecule has 0 aliphatic carbocycles. The highest BCUT2D eigenvalue weighted by molar-refractivity contribution is 5.80. The summed E-state index contributed by atoms with van der Waals surface area (Å²) in [5, 5.41) is 2.96. The second kappa shape index (κ2) is 9.79. The fourth-order valence-corrected chi connectivity index (χ4v) is 4.45. The molecule has 0 aromatic heterocycles. The van der Waals surface area contributed by atoms with Crippen LogP contribution in [0.15, 0.2) is 42.5 Å². The van der Waals surface area contributed by atoms with Gasteiger partial charge in [0.05, 0.1) is 25.1 Å². The summed E-state index contributed by atoms with van der Waals surface area (Å²) < 4.78 is 5.75. The van der Waals surface area contributed by atoms with Gasteiger partial charge < -0.3 is 15.0 Å². The third-order valence-corrected chi connectivity index (χ3v) is 5.55. The molecule has 30 heavy (non-hydrogen) atoms. The molecule has 1 saturated heterocycles. The first kappa shape index (κ1) is 21.9. The molecule has 0 spiro atoms. The Morgan fingerprint density at radius 1 is 1.17 bits per heavy atom. The van der Waals surface area contributed by atoms with E-state index in [1.54, 1.807) is 0 Å². The van der Waals surface area contributed by atoms with Crippen molar-refractivity contribution in [1.82, 2.24) is 10.2 Å². The van der Waals surface area contributed by atoms with Crippen LogP contribution >= 0.6 is 0 Å². The summed E-state index contributed by atoms with van der Waals surface area (Å²) in [5.41, 5.74) is 4.46. The van der Waals surface area contributed by atoms with Crippen LogP contribution in [-0.4, -0.2) is 29.9 Å². The molecule has 3 rings (SSSR count). The molecular formula is C25H32N2O3. The van der Waals surface area contributed by atoms with Crippen molar-refractivity contribution in [1.29, 1.82) is 0 Å². The number of para-hydroxylation sites is 1. The van der Waals surface area contributed by atoms with Gasteiger partial charge in [-0.3, -0.25) is 9.59 Å². The van der Waals surface area contributed by atoms with Gasteiger partial charge in [0.25, 0.3) is 0 Å². The summed E-state index contributed by atoms with van der Waals surface area (Å²) in [4.78, 5) is 27.2. The zero-order valence-electron chi connectivity index (χ0n) is 18.4. The SMILES string of the molecule is CCOc1ccccc1C(CC(=O)N1CCCC1c1cc(C)cc(C)c1)NC(C)=O. The molecular weight excluding hydrogens is 376 g/mol. The smallest absolute Gasteiger partial charge is 0.225 e. The van der Waals surface area contributed by atoms with Gasteiger partial charge in [0.2, 0.25) is 11.8 Å². The Labute approximate surface area is 179 Å². The molecule has 1 aliphatic rings. The first-order chi connectivity index (χ1) is 14.4. The average Bonchev–Trinajstić information content (AvgIpc) is 3.17. The molecule has 0 bridgehead atoms. The quantitative estimate of drug-likeness (QED) is 0.726. The first-order valence-electron chi connectivity index (χ1n) is 10.8. The molecule has 160 valence electrons. The number of hydrogen-bond acceptors (Lipinski definition) is 3. The summed E-state index contributed by atoms with van der Waals surface area (Å²) in [5.74, 6) is 0.604. The molecule has 0 radical (unpaired) electrons. The minimum atomic E-state index is -0.418. The van der Waals surface area contributed by atoms with Crippen LogP contribution in [-0.2, 0) is 9.59 Å². The molecule has 2 aromatic carbocycles. The zero-order valence-corrected chi connectivity index (χ0v) is 18.4. The number of hydrogen-bond donors (Lipinski definition) is 1. The van der Waals surface area contributed by atoms with Gasteiger partial charge in [0.15, 0.2) is 0 Å². The Kier molecular flexibility index (Phi) is 7.14. The lowest BCUT2D eigenvalue weighted by atomic mass is 9.98. The second-order valence-electron chi connectivity index (χ2n) is 8.09. The van der Waals surface area contributed by atoms with Crippen LogP contribution in [0.4, 0.5) is 0 Å². The van der Waals surface area contributed by atoms with Crippen LogP contribution in [0, 0.1) is 13.8 Å². The maximum absolute atomic E-state index is 13.4. The standard InChI is InChI=1S/C25H32N2O3/c1-5-30-24-11-7-6-9-21(24)22(26-19(4)28)16-25(29)27-12-8-10-23(27)20-14-17(2)13-18(3)15-20/h6-7,9,11,13-15,22-23H,5,8,10,12,16H2,1-4H3,(H,26,28). The molecule has 1 heterocycles. The van der Waals surface area contributed by atoms with Crippen molar-refractivity contribution in [3.05, 3.63) is 64.7 Å². The van der Waals surface area contributed by atoms with E-state index in [1.165, 1.54) is 23.6 Å². The molecule has 5 nitrogen and oxygen atoms in total. The van der Waals surface area contributed by atoms with Crippen LogP contribution in [0.2, 0.25) is 0 Å².